The van der Waals surface area contributed by atoms with Gasteiger partial charge in [0.05, 0.1) is 31.1 Å². The molecule has 7 nitrogen and oxygen atoms in total. The van der Waals surface area contributed by atoms with Crippen molar-refractivity contribution in [3.8, 4) is 0 Å². The molecule has 2 aromatic rings. The Kier molecular flexibility index (Phi) is 7.65. The Bertz CT molecular complexity index is 1050. The van der Waals surface area contributed by atoms with Crippen LogP contribution in [0.1, 0.15) is 49.1 Å². The summed E-state index contributed by atoms with van der Waals surface area (Å²) in [5, 5.41) is 10.8. The first-order chi connectivity index (χ1) is 16.5. The number of carbonyl (C=O) groups is 2. The minimum atomic E-state index is -0.632. The van der Waals surface area contributed by atoms with Gasteiger partial charge in [0, 0.05) is 26.2 Å². The molecule has 0 aliphatic carbocycles. The average Bonchev–Trinajstić information content (AvgIpc) is 3.46. The first kappa shape index (κ1) is 24.0. The Labute approximate surface area is 200 Å². The van der Waals surface area contributed by atoms with Crippen molar-refractivity contribution in [1.29, 1.82) is 0 Å². The number of allylic oxidation sites excluding steroid dienone is 1. The van der Waals surface area contributed by atoms with Crippen LogP contribution in [0.5, 0.6) is 0 Å². The second kappa shape index (κ2) is 10.8. The van der Waals surface area contributed by atoms with Gasteiger partial charge >= 0.3 is 0 Å². The third kappa shape index (κ3) is 5.32. The van der Waals surface area contributed by atoms with E-state index in [1.807, 2.05) is 24.3 Å². The maximum Gasteiger partial charge on any atom is 0.290 e. The van der Waals surface area contributed by atoms with Crippen LogP contribution in [0.3, 0.4) is 0 Å². The van der Waals surface area contributed by atoms with E-state index in [0.717, 1.165) is 44.8 Å². The number of ether oxygens (including phenoxy) is 1. The molecule has 0 saturated carbocycles. The monoisotopic (exact) mass is 464 g/mol. The van der Waals surface area contributed by atoms with Gasteiger partial charge in [-0.05, 0) is 47.8 Å². The number of carbonyl (C=O) groups excluding carboxylic acids is 2. The summed E-state index contributed by atoms with van der Waals surface area (Å²) in [6.45, 7) is 8.69. The fourth-order valence-corrected chi connectivity index (χ4v) is 4.47. The number of furan rings is 1. The van der Waals surface area contributed by atoms with Crippen LogP contribution in [0.4, 0.5) is 0 Å². The van der Waals surface area contributed by atoms with Crippen molar-refractivity contribution in [2.24, 2.45) is 0 Å². The van der Waals surface area contributed by atoms with Gasteiger partial charge in [-0.15, -0.1) is 0 Å². The molecule has 2 aliphatic rings. The van der Waals surface area contributed by atoms with Gasteiger partial charge in [0.25, 0.3) is 5.91 Å². The minimum Gasteiger partial charge on any atom is -0.503 e. The van der Waals surface area contributed by atoms with Gasteiger partial charge in [-0.3, -0.25) is 14.5 Å². The van der Waals surface area contributed by atoms with E-state index in [1.54, 1.807) is 23.1 Å². The number of ketones is 1. The molecule has 1 fully saturated rings. The first-order valence-corrected chi connectivity index (χ1v) is 11.9. The number of rotatable bonds is 9. The summed E-state index contributed by atoms with van der Waals surface area (Å²) in [5.74, 6) is -0.493. The molecule has 34 heavy (non-hydrogen) atoms. The van der Waals surface area contributed by atoms with E-state index in [1.165, 1.54) is 17.9 Å². The molecule has 1 aromatic heterocycles. The second-order valence-corrected chi connectivity index (χ2v) is 9.01. The van der Waals surface area contributed by atoms with Gasteiger partial charge in [-0.25, -0.2) is 0 Å². The van der Waals surface area contributed by atoms with Crippen LogP contribution < -0.4 is 0 Å². The van der Waals surface area contributed by atoms with E-state index in [9.17, 15) is 14.7 Å². The maximum atomic E-state index is 13.2. The summed E-state index contributed by atoms with van der Waals surface area (Å²) >= 11 is 0. The minimum absolute atomic E-state index is 0.108. The molecule has 1 saturated heterocycles. The molecule has 0 spiro atoms. The van der Waals surface area contributed by atoms with Gasteiger partial charge in [0.1, 0.15) is 5.76 Å². The summed E-state index contributed by atoms with van der Waals surface area (Å²) in [5.41, 5.74) is 2.09. The lowest BCUT2D eigenvalue weighted by Gasteiger charge is -2.30. The molecule has 3 heterocycles. The number of benzene rings is 1. The molecule has 0 radical (unpaired) electrons. The molecule has 2 aliphatic heterocycles. The van der Waals surface area contributed by atoms with Crippen LogP contribution >= 0.6 is 0 Å². The second-order valence-electron chi connectivity index (χ2n) is 9.01. The van der Waals surface area contributed by atoms with Crippen molar-refractivity contribution in [2.75, 3.05) is 39.4 Å². The van der Waals surface area contributed by atoms with Crippen molar-refractivity contribution in [3.63, 3.8) is 0 Å². The van der Waals surface area contributed by atoms with Crippen LogP contribution in [-0.2, 0) is 14.3 Å². The lowest BCUT2D eigenvalue weighted by Crippen LogP contribution is -2.39. The third-order valence-corrected chi connectivity index (χ3v) is 6.41. The fourth-order valence-electron chi connectivity index (χ4n) is 4.47. The molecule has 1 unspecified atom stereocenters. The van der Waals surface area contributed by atoms with Crippen LogP contribution in [0.25, 0.3) is 6.08 Å². The number of aliphatic hydroxyl groups is 1. The summed E-state index contributed by atoms with van der Waals surface area (Å²) < 4.78 is 10.7. The van der Waals surface area contributed by atoms with Crippen LogP contribution in [0.15, 0.2) is 64.5 Å². The maximum absolute atomic E-state index is 13.2. The number of amides is 1. The predicted molar refractivity (Wildman–Crippen MR) is 129 cm³/mol. The zero-order chi connectivity index (χ0) is 24.1. The Balaban J connectivity index is 1.58. The molecule has 0 bridgehead atoms. The Hall–Kier alpha value is -3.16. The standard InChI is InChI=1S/C27H32N2O5/c1-19(2)20-6-8-21(9-7-20)25-24(23(30)11-10-22-5-3-16-34-22)26(31)27(32)29(25)13-4-12-28-14-17-33-18-15-28/h3,5-11,16,19,25,31H,4,12-15,17-18H2,1-2H3/b11-10+. The Morgan fingerprint density at radius 3 is 2.53 bits per heavy atom. The first-order valence-electron chi connectivity index (χ1n) is 11.9. The number of morpholine rings is 1. The molecule has 7 heteroatoms. The third-order valence-electron chi connectivity index (χ3n) is 6.41. The summed E-state index contributed by atoms with van der Waals surface area (Å²) in [4.78, 5) is 30.2. The quantitative estimate of drug-likeness (QED) is 0.563. The highest BCUT2D eigenvalue weighted by atomic mass is 16.5. The van der Waals surface area contributed by atoms with E-state index < -0.39 is 23.5 Å². The fraction of sp³-hybridized carbons (Fsp3) is 0.407. The molecule has 1 aromatic carbocycles. The molecule has 1 N–H and O–H groups in total. The van der Waals surface area contributed by atoms with Gasteiger partial charge < -0.3 is 19.2 Å². The lowest BCUT2D eigenvalue weighted by atomic mass is 9.93. The van der Waals surface area contributed by atoms with E-state index >= 15 is 0 Å². The average molecular weight is 465 g/mol. The normalized spacial score (nSPS) is 19.7. The van der Waals surface area contributed by atoms with Gasteiger partial charge in [-0.1, -0.05) is 38.1 Å². The number of aliphatic hydroxyl groups excluding tert-OH is 1. The lowest BCUT2D eigenvalue weighted by molar-refractivity contribution is -0.129. The molecule has 1 amide bonds. The number of hydrogen-bond donors (Lipinski definition) is 1. The van der Waals surface area contributed by atoms with Gasteiger partial charge in [0.2, 0.25) is 0 Å². The molecule has 180 valence electrons. The summed E-state index contributed by atoms with van der Waals surface area (Å²) in [6.07, 6.45) is 5.16. The zero-order valence-corrected chi connectivity index (χ0v) is 19.8. The van der Waals surface area contributed by atoms with E-state index in [0.29, 0.717) is 18.2 Å². The van der Waals surface area contributed by atoms with Gasteiger partial charge in [-0.2, -0.15) is 0 Å². The number of hydrogen-bond acceptors (Lipinski definition) is 6. The smallest absolute Gasteiger partial charge is 0.290 e. The number of nitrogens with zero attached hydrogens (tertiary/aromatic N) is 2. The van der Waals surface area contributed by atoms with Crippen molar-refractivity contribution in [1.82, 2.24) is 9.80 Å². The summed E-state index contributed by atoms with van der Waals surface area (Å²) in [7, 11) is 0. The zero-order valence-electron chi connectivity index (χ0n) is 19.8. The highest BCUT2D eigenvalue weighted by Crippen LogP contribution is 2.38. The van der Waals surface area contributed by atoms with Crippen molar-refractivity contribution >= 4 is 17.8 Å². The van der Waals surface area contributed by atoms with Crippen molar-refractivity contribution in [2.45, 2.75) is 32.2 Å². The highest BCUT2D eigenvalue weighted by molar-refractivity contribution is 6.14. The topological polar surface area (TPSA) is 83.2 Å². The molecule has 1 atom stereocenters. The molecular formula is C27H32N2O5. The van der Waals surface area contributed by atoms with Crippen LogP contribution in [-0.4, -0.2) is 66.0 Å². The van der Waals surface area contributed by atoms with Crippen molar-refractivity contribution in [3.05, 3.63) is 77.0 Å². The van der Waals surface area contributed by atoms with E-state index in [2.05, 4.69) is 18.7 Å². The van der Waals surface area contributed by atoms with E-state index in [-0.39, 0.29) is 5.57 Å². The van der Waals surface area contributed by atoms with E-state index in [4.69, 9.17) is 9.15 Å². The molecule has 4 rings (SSSR count). The Morgan fingerprint density at radius 1 is 1.15 bits per heavy atom. The highest BCUT2D eigenvalue weighted by Gasteiger charge is 2.42. The largest absolute Gasteiger partial charge is 0.503 e. The molecular weight excluding hydrogens is 432 g/mol. The van der Waals surface area contributed by atoms with Gasteiger partial charge in [0.15, 0.2) is 11.5 Å². The SMILES string of the molecule is CC(C)c1ccc(C2C(C(=O)/C=C/c3ccco3)=C(O)C(=O)N2CCCN2CCOCC2)cc1. The van der Waals surface area contributed by atoms with Crippen LogP contribution in [0, 0.1) is 0 Å². The predicted octanol–water partition coefficient (Wildman–Crippen LogP) is 4.10. The summed E-state index contributed by atoms with van der Waals surface area (Å²) in [6, 6.07) is 10.8. The Morgan fingerprint density at radius 2 is 1.88 bits per heavy atom. The van der Waals surface area contributed by atoms with Crippen molar-refractivity contribution < 1.29 is 23.8 Å². The van der Waals surface area contributed by atoms with Crippen LogP contribution in [0.2, 0.25) is 0 Å².